The summed E-state index contributed by atoms with van der Waals surface area (Å²) in [5.74, 6) is -1.03. The Morgan fingerprint density at radius 2 is 1.95 bits per heavy atom. The predicted molar refractivity (Wildman–Crippen MR) is 83.1 cm³/mol. The summed E-state index contributed by atoms with van der Waals surface area (Å²) in [4.78, 5) is 23.9. The molecule has 2 rings (SSSR count). The summed E-state index contributed by atoms with van der Waals surface area (Å²) in [6.07, 6.45) is 1.33. The number of amides is 1. The summed E-state index contributed by atoms with van der Waals surface area (Å²) in [5, 5.41) is 13.9. The Hall–Kier alpha value is -2.14. The van der Waals surface area contributed by atoms with E-state index >= 15 is 0 Å². The van der Waals surface area contributed by atoms with E-state index in [2.05, 4.69) is 5.32 Å². The number of carboxylic acid groups (broad SMARTS) is 1. The number of thiophene rings is 1. The predicted octanol–water partition coefficient (Wildman–Crippen LogP) is 2.98. The molecule has 1 amide bonds. The lowest BCUT2D eigenvalue weighted by Crippen LogP contribution is -2.26. The minimum atomic E-state index is -0.941. The topological polar surface area (TPSA) is 66.4 Å². The summed E-state index contributed by atoms with van der Waals surface area (Å²) in [7, 11) is 0. The molecule has 2 N–H and O–H groups in total. The van der Waals surface area contributed by atoms with Gasteiger partial charge < -0.3 is 10.4 Å². The van der Waals surface area contributed by atoms with Gasteiger partial charge in [-0.1, -0.05) is 25.1 Å². The van der Waals surface area contributed by atoms with Crippen molar-refractivity contribution in [2.45, 2.75) is 19.8 Å². The SMILES string of the molecule is CCc1ccsc1C(=O)NCCc1ccccc1C(=O)O. The van der Waals surface area contributed by atoms with Crippen molar-refractivity contribution in [2.75, 3.05) is 6.54 Å². The molecule has 0 aliphatic rings. The van der Waals surface area contributed by atoms with Crippen LogP contribution >= 0.6 is 11.3 Å². The van der Waals surface area contributed by atoms with Crippen molar-refractivity contribution in [3.05, 3.63) is 57.3 Å². The zero-order valence-corrected chi connectivity index (χ0v) is 12.6. The van der Waals surface area contributed by atoms with Gasteiger partial charge in [-0.25, -0.2) is 4.79 Å². The summed E-state index contributed by atoms with van der Waals surface area (Å²) < 4.78 is 0. The van der Waals surface area contributed by atoms with E-state index in [1.54, 1.807) is 24.3 Å². The van der Waals surface area contributed by atoms with Crippen LogP contribution in [-0.2, 0) is 12.8 Å². The second-order valence-electron chi connectivity index (χ2n) is 4.60. The molecule has 0 bridgehead atoms. The van der Waals surface area contributed by atoms with Gasteiger partial charge in [0.2, 0.25) is 0 Å². The number of carboxylic acids is 1. The minimum Gasteiger partial charge on any atom is -0.478 e. The highest BCUT2D eigenvalue weighted by molar-refractivity contribution is 7.12. The Bertz CT molecular complexity index is 648. The van der Waals surface area contributed by atoms with Crippen LogP contribution in [0.25, 0.3) is 0 Å². The van der Waals surface area contributed by atoms with Gasteiger partial charge in [-0.3, -0.25) is 4.79 Å². The number of aryl methyl sites for hydroxylation is 1. The van der Waals surface area contributed by atoms with E-state index in [9.17, 15) is 9.59 Å². The fourth-order valence-electron chi connectivity index (χ4n) is 2.15. The van der Waals surface area contributed by atoms with E-state index in [0.29, 0.717) is 13.0 Å². The van der Waals surface area contributed by atoms with Crippen LogP contribution in [-0.4, -0.2) is 23.5 Å². The van der Waals surface area contributed by atoms with Crippen LogP contribution in [0.3, 0.4) is 0 Å². The van der Waals surface area contributed by atoms with Gasteiger partial charge in [-0.15, -0.1) is 11.3 Å². The molecule has 110 valence electrons. The van der Waals surface area contributed by atoms with E-state index in [0.717, 1.165) is 22.4 Å². The summed E-state index contributed by atoms with van der Waals surface area (Å²) >= 11 is 1.43. The molecule has 1 heterocycles. The molecule has 0 atom stereocenters. The van der Waals surface area contributed by atoms with Crippen LogP contribution in [0, 0.1) is 0 Å². The Morgan fingerprint density at radius 1 is 1.19 bits per heavy atom. The largest absolute Gasteiger partial charge is 0.478 e. The first-order valence-electron chi connectivity index (χ1n) is 6.79. The van der Waals surface area contributed by atoms with Crippen molar-refractivity contribution < 1.29 is 14.7 Å². The van der Waals surface area contributed by atoms with Crippen LogP contribution in [0.2, 0.25) is 0 Å². The Balaban J connectivity index is 1.96. The lowest BCUT2D eigenvalue weighted by Gasteiger charge is -2.07. The zero-order chi connectivity index (χ0) is 15.2. The first-order valence-corrected chi connectivity index (χ1v) is 7.67. The van der Waals surface area contributed by atoms with Crippen molar-refractivity contribution >= 4 is 23.2 Å². The van der Waals surface area contributed by atoms with Gasteiger partial charge in [0.25, 0.3) is 5.91 Å². The molecule has 2 aromatic rings. The van der Waals surface area contributed by atoms with Gasteiger partial charge >= 0.3 is 5.97 Å². The number of aromatic carboxylic acids is 1. The van der Waals surface area contributed by atoms with Crippen molar-refractivity contribution in [1.29, 1.82) is 0 Å². The smallest absolute Gasteiger partial charge is 0.335 e. The molecular formula is C16H17NO3S. The molecule has 0 radical (unpaired) electrons. The lowest BCUT2D eigenvalue weighted by molar-refractivity contribution is 0.0695. The Labute approximate surface area is 127 Å². The highest BCUT2D eigenvalue weighted by Crippen LogP contribution is 2.17. The van der Waals surface area contributed by atoms with Gasteiger partial charge in [0.05, 0.1) is 10.4 Å². The Kier molecular flexibility index (Phi) is 5.11. The van der Waals surface area contributed by atoms with Crippen molar-refractivity contribution in [3.8, 4) is 0 Å². The molecule has 0 fully saturated rings. The van der Waals surface area contributed by atoms with Crippen LogP contribution in [0.5, 0.6) is 0 Å². The van der Waals surface area contributed by atoms with Crippen molar-refractivity contribution in [1.82, 2.24) is 5.32 Å². The molecule has 0 unspecified atom stereocenters. The number of rotatable bonds is 6. The van der Waals surface area contributed by atoms with Gasteiger partial charge in [0.1, 0.15) is 0 Å². The second-order valence-corrected chi connectivity index (χ2v) is 5.51. The van der Waals surface area contributed by atoms with Crippen LogP contribution in [0.4, 0.5) is 0 Å². The molecule has 0 saturated heterocycles. The maximum atomic E-state index is 12.1. The second kappa shape index (κ2) is 7.04. The first-order chi connectivity index (χ1) is 10.1. The average Bonchev–Trinajstić information content (AvgIpc) is 2.96. The van der Waals surface area contributed by atoms with Crippen LogP contribution in [0.1, 0.15) is 38.1 Å². The van der Waals surface area contributed by atoms with Crippen LogP contribution < -0.4 is 5.32 Å². The third-order valence-corrected chi connectivity index (χ3v) is 4.22. The molecule has 4 nitrogen and oxygen atoms in total. The normalized spacial score (nSPS) is 10.3. The third-order valence-electron chi connectivity index (χ3n) is 3.26. The molecule has 1 aromatic heterocycles. The fraction of sp³-hybridized carbons (Fsp3) is 0.250. The van der Waals surface area contributed by atoms with Gasteiger partial charge in [-0.05, 0) is 41.5 Å². The number of benzene rings is 1. The number of hydrogen-bond donors (Lipinski definition) is 2. The molecule has 0 spiro atoms. The average molecular weight is 303 g/mol. The standard InChI is InChI=1S/C16H17NO3S/c1-2-11-8-10-21-14(11)15(18)17-9-7-12-5-3-4-6-13(12)16(19)20/h3-6,8,10H,2,7,9H2,1H3,(H,17,18)(H,19,20). The Morgan fingerprint density at radius 3 is 2.67 bits per heavy atom. The summed E-state index contributed by atoms with van der Waals surface area (Å²) in [6.45, 7) is 2.44. The van der Waals surface area contributed by atoms with Gasteiger partial charge in [0.15, 0.2) is 0 Å². The van der Waals surface area contributed by atoms with E-state index in [1.807, 2.05) is 18.4 Å². The van der Waals surface area contributed by atoms with Gasteiger partial charge in [-0.2, -0.15) is 0 Å². The maximum absolute atomic E-state index is 12.1. The fourth-order valence-corrected chi connectivity index (χ4v) is 3.06. The maximum Gasteiger partial charge on any atom is 0.335 e. The highest BCUT2D eigenvalue weighted by Gasteiger charge is 2.12. The molecular weight excluding hydrogens is 286 g/mol. The van der Waals surface area contributed by atoms with Crippen LogP contribution in [0.15, 0.2) is 35.7 Å². The zero-order valence-electron chi connectivity index (χ0n) is 11.8. The summed E-state index contributed by atoms with van der Waals surface area (Å²) in [6, 6.07) is 8.81. The highest BCUT2D eigenvalue weighted by atomic mass is 32.1. The molecule has 1 aromatic carbocycles. The molecule has 0 saturated carbocycles. The molecule has 0 aliphatic heterocycles. The number of nitrogens with one attached hydrogen (secondary N) is 1. The number of carbonyl (C=O) groups is 2. The molecule has 5 heteroatoms. The lowest BCUT2D eigenvalue weighted by atomic mass is 10.0. The van der Waals surface area contributed by atoms with Gasteiger partial charge in [0, 0.05) is 6.54 Å². The number of hydrogen-bond acceptors (Lipinski definition) is 3. The monoisotopic (exact) mass is 303 g/mol. The quantitative estimate of drug-likeness (QED) is 0.862. The van der Waals surface area contributed by atoms with E-state index < -0.39 is 5.97 Å². The summed E-state index contributed by atoms with van der Waals surface area (Å²) in [5.41, 5.74) is 2.06. The first kappa shape index (κ1) is 15.3. The molecule has 21 heavy (non-hydrogen) atoms. The van der Waals surface area contributed by atoms with E-state index in [4.69, 9.17) is 5.11 Å². The van der Waals surface area contributed by atoms with E-state index in [-0.39, 0.29) is 11.5 Å². The van der Waals surface area contributed by atoms with Crippen molar-refractivity contribution in [2.24, 2.45) is 0 Å². The molecule has 0 aliphatic carbocycles. The third kappa shape index (κ3) is 3.70. The minimum absolute atomic E-state index is 0.0883. The van der Waals surface area contributed by atoms with E-state index in [1.165, 1.54) is 11.3 Å². The van der Waals surface area contributed by atoms with Crippen molar-refractivity contribution in [3.63, 3.8) is 0 Å². The number of carbonyl (C=O) groups excluding carboxylic acids is 1.